The van der Waals surface area contributed by atoms with Gasteiger partial charge in [-0.15, -0.1) is 22.9 Å². The largest absolute Gasteiger partial charge is 0.117 e. The smallest absolute Gasteiger partial charge is 0.0991 e. The first kappa shape index (κ1) is 11.6. The fraction of sp³-hybridized carbons (Fsp3) is 0.667. The van der Waals surface area contributed by atoms with Crippen LogP contribution in [0.1, 0.15) is 36.6 Å². The topological polar surface area (TPSA) is 0 Å². The van der Waals surface area contributed by atoms with Crippen LogP contribution in [0, 0.1) is 17.8 Å². The van der Waals surface area contributed by atoms with E-state index in [1.807, 2.05) is 6.07 Å². The van der Waals surface area contributed by atoms with Crippen molar-refractivity contribution >= 4 is 46.1 Å². The molecule has 2 saturated carbocycles. The summed E-state index contributed by atoms with van der Waals surface area (Å²) in [5, 5.41) is 0.0616. The van der Waals surface area contributed by atoms with Gasteiger partial charge in [0.1, 0.15) is 0 Å². The highest BCUT2D eigenvalue weighted by atomic mass is 35.5. The van der Waals surface area contributed by atoms with Gasteiger partial charge in [-0.2, -0.15) is 0 Å². The van der Waals surface area contributed by atoms with E-state index in [4.69, 9.17) is 34.8 Å². The van der Waals surface area contributed by atoms with Gasteiger partial charge in [0.2, 0.25) is 0 Å². The van der Waals surface area contributed by atoms with Gasteiger partial charge >= 0.3 is 0 Å². The molecule has 2 bridgehead atoms. The Bertz CT molecular complexity index is 401. The van der Waals surface area contributed by atoms with Crippen molar-refractivity contribution in [2.24, 2.45) is 17.8 Å². The molecule has 16 heavy (non-hydrogen) atoms. The number of thiophene rings is 1. The number of hydrogen-bond donors (Lipinski definition) is 0. The van der Waals surface area contributed by atoms with Crippen molar-refractivity contribution in [2.75, 3.05) is 0 Å². The lowest BCUT2D eigenvalue weighted by atomic mass is 9.84. The van der Waals surface area contributed by atoms with Gasteiger partial charge in [0.25, 0.3) is 0 Å². The normalized spacial score (nSPS) is 34.6. The van der Waals surface area contributed by atoms with Crippen LogP contribution in [0.2, 0.25) is 8.67 Å². The maximum Gasteiger partial charge on any atom is 0.0991 e. The Labute approximate surface area is 115 Å². The van der Waals surface area contributed by atoms with Gasteiger partial charge < -0.3 is 0 Å². The molecule has 3 rings (SSSR count). The van der Waals surface area contributed by atoms with Gasteiger partial charge in [-0.3, -0.25) is 0 Å². The Balaban J connectivity index is 1.82. The van der Waals surface area contributed by atoms with Gasteiger partial charge in [0.05, 0.1) is 14.0 Å². The molecule has 1 heterocycles. The minimum Gasteiger partial charge on any atom is -0.117 e. The van der Waals surface area contributed by atoms with Crippen molar-refractivity contribution < 1.29 is 0 Å². The molecule has 2 aliphatic carbocycles. The van der Waals surface area contributed by atoms with Gasteiger partial charge in [-0.05, 0) is 43.1 Å². The number of halogens is 3. The molecule has 0 saturated heterocycles. The second-order valence-corrected chi connectivity index (χ2v) is 7.78. The van der Waals surface area contributed by atoms with Crippen LogP contribution in [0.3, 0.4) is 0 Å². The Hall–Kier alpha value is 0.570. The number of rotatable bonds is 2. The van der Waals surface area contributed by atoms with Gasteiger partial charge in [0.15, 0.2) is 0 Å². The minimum absolute atomic E-state index is 0.0616. The van der Waals surface area contributed by atoms with E-state index in [1.54, 1.807) is 0 Å². The standard InChI is InChI=1S/C12H13Cl3S/c13-10-5-9(12(15)16-10)11(14)8-4-6-1-2-7(8)3-6/h5-8,11H,1-4H2. The van der Waals surface area contributed by atoms with E-state index in [0.717, 1.165) is 26.1 Å². The third-order valence-corrected chi connectivity index (χ3v) is 6.23. The molecular formula is C12H13Cl3S. The summed E-state index contributed by atoms with van der Waals surface area (Å²) in [6.07, 6.45) is 5.42. The maximum absolute atomic E-state index is 6.59. The zero-order valence-electron chi connectivity index (χ0n) is 8.76. The molecule has 0 radical (unpaired) electrons. The predicted molar refractivity (Wildman–Crippen MR) is 71.9 cm³/mol. The summed E-state index contributed by atoms with van der Waals surface area (Å²) in [7, 11) is 0. The molecule has 0 nitrogen and oxygen atoms in total. The van der Waals surface area contributed by atoms with Crippen molar-refractivity contribution in [3.05, 3.63) is 20.3 Å². The van der Waals surface area contributed by atoms with Crippen molar-refractivity contribution in [3.8, 4) is 0 Å². The van der Waals surface area contributed by atoms with E-state index in [9.17, 15) is 0 Å². The van der Waals surface area contributed by atoms with E-state index < -0.39 is 0 Å². The number of hydrogen-bond acceptors (Lipinski definition) is 1. The van der Waals surface area contributed by atoms with Crippen molar-refractivity contribution in [1.29, 1.82) is 0 Å². The first-order valence-corrected chi connectivity index (χ1v) is 7.75. The van der Waals surface area contributed by atoms with Crippen molar-refractivity contribution in [2.45, 2.75) is 31.1 Å². The molecule has 2 fully saturated rings. The summed E-state index contributed by atoms with van der Waals surface area (Å²) in [6, 6.07) is 1.94. The Kier molecular flexibility index (Phi) is 3.17. The van der Waals surface area contributed by atoms with Crippen LogP contribution >= 0.6 is 46.1 Å². The molecule has 0 N–H and O–H groups in total. The molecule has 1 aromatic heterocycles. The van der Waals surface area contributed by atoms with E-state index in [1.165, 1.54) is 37.0 Å². The highest BCUT2D eigenvalue weighted by Crippen LogP contribution is 2.55. The first-order valence-electron chi connectivity index (χ1n) is 5.74. The van der Waals surface area contributed by atoms with E-state index in [2.05, 4.69) is 0 Å². The summed E-state index contributed by atoms with van der Waals surface area (Å²) < 4.78 is 1.52. The molecule has 0 amide bonds. The molecule has 4 unspecified atom stereocenters. The van der Waals surface area contributed by atoms with Crippen LogP contribution in [0.4, 0.5) is 0 Å². The lowest BCUT2D eigenvalue weighted by Crippen LogP contribution is -2.15. The highest BCUT2D eigenvalue weighted by Gasteiger charge is 2.43. The first-order chi connectivity index (χ1) is 7.65. The minimum atomic E-state index is 0.0616. The van der Waals surface area contributed by atoms with Gasteiger partial charge in [-0.25, -0.2) is 0 Å². The summed E-state index contributed by atoms with van der Waals surface area (Å²) >= 11 is 20.2. The molecule has 2 aliphatic rings. The van der Waals surface area contributed by atoms with Crippen molar-refractivity contribution in [3.63, 3.8) is 0 Å². The summed E-state index contributed by atoms with van der Waals surface area (Å²) in [6.45, 7) is 0. The fourth-order valence-electron chi connectivity index (χ4n) is 3.42. The Morgan fingerprint density at radius 3 is 2.56 bits per heavy atom. The second-order valence-electron chi connectivity index (χ2n) is 5.02. The van der Waals surface area contributed by atoms with Crippen LogP contribution in [0.25, 0.3) is 0 Å². The van der Waals surface area contributed by atoms with Crippen LogP contribution in [-0.2, 0) is 0 Å². The number of fused-ring (bicyclic) bond motifs is 2. The van der Waals surface area contributed by atoms with Crippen molar-refractivity contribution in [1.82, 2.24) is 0 Å². The van der Waals surface area contributed by atoms with E-state index in [-0.39, 0.29) is 5.38 Å². The van der Waals surface area contributed by atoms with Crippen LogP contribution in [-0.4, -0.2) is 0 Å². The average Bonchev–Trinajstić information content (AvgIpc) is 2.91. The lowest BCUT2D eigenvalue weighted by molar-refractivity contribution is 0.324. The zero-order valence-corrected chi connectivity index (χ0v) is 11.8. The monoisotopic (exact) mass is 294 g/mol. The summed E-state index contributed by atoms with van der Waals surface area (Å²) in [4.78, 5) is 0. The molecule has 1 aromatic rings. The van der Waals surface area contributed by atoms with Crippen LogP contribution in [0.15, 0.2) is 6.07 Å². The van der Waals surface area contributed by atoms with Gasteiger partial charge in [0, 0.05) is 5.56 Å². The molecule has 0 aromatic carbocycles. The maximum atomic E-state index is 6.59. The predicted octanol–water partition coefficient (Wildman–Crippen LogP) is 5.77. The third kappa shape index (κ3) is 1.90. The quantitative estimate of drug-likeness (QED) is 0.607. The molecule has 4 heteroatoms. The van der Waals surface area contributed by atoms with E-state index >= 15 is 0 Å². The molecule has 0 spiro atoms. The van der Waals surface area contributed by atoms with E-state index in [0.29, 0.717) is 5.92 Å². The lowest BCUT2D eigenvalue weighted by Gasteiger charge is -2.26. The van der Waals surface area contributed by atoms with Crippen LogP contribution < -0.4 is 0 Å². The fourth-order valence-corrected chi connectivity index (χ4v) is 5.58. The zero-order chi connectivity index (χ0) is 11.3. The molecule has 4 atom stereocenters. The Morgan fingerprint density at radius 2 is 2.06 bits per heavy atom. The molecule has 0 aliphatic heterocycles. The summed E-state index contributed by atoms with van der Waals surface area (Å²) in [5.74, 6) is 2.36. The third-order valence-electron chi connectivity index (χ3n) is 4.15. The van der Waals surface area contributed by atoms with Crippen LogP contribution in [0.5, 0.6) is 0 Å². The number of alkyl halides is 1. The highest BCUT2D eigenvalue weighted by molar-refractivity contribution is 7.20. The summed E-state index contributed by atoms with van der Waals surface area (Å²) in [5.41, 5.74) is 1.05. The Morgan fingerprint density at radius 1 is 1.25 bits per heavy atom. The SMILES string of the molecule is Clc1cc(C(Cl)C2CC3CCC2C3)c(Cl)s1. The molecular weight excluding hydrogens is 283 g/mol. The average molecular weight is 296 g/mol. The van der Waals surface area contributed by atoms with Gasteiger partial charge in [-0.1, -0.05) is 29.6 Å². The molecule has 88 valence electrons. The second kappa shape index (κ2) is 4.35.